The molecule has 2 aromatic rings. The Morgan fingerprint density at radius 1 is 1.05 bits per heavy atom. The molecule has 0 spiro atoms. The summed E-state index contributed by atoms with van der Waals surface area (Å²) < 4.78 is 0. The van der Waals surface area contributed by atoms with E-state index in [1.54, 1.807) is 12.2 Å². The van der Waals surface area contributed by atoms with Crippen molar-refractivity contribution in [3.05, 3.63) is 42.1 Å². The summed E-state index contributed by atoms with van der Waals surface area (Å²) in [6.07, 6.45) is 4.88. The van der Waals surface area contributed by atoms with Crippen molar-refractivity contribution < 1.29 is 0 Å². The zero-order valence-corrected chi connectivity index (χ0v) is 11.6. The van der Waals surface area contributed by atoms with E-state index < -0.39 is 0 Å². The molecule has 0 saturated carbocycles. The molecule has 0 aromatic carbocycles. The van der Waals surface area contributed by atoms with Crippen LogP contribution in [0.25, 0.3) is 11.0 Å². The SMILES string of the molecule is C=CCN(CC=C)c1nc(Cl)nc2c(Cl)ncnc12. The van der Waals surface area contributed by atoms with E-state index >= 15 is 0 Å². The minimum absolute atomic E-state index is 0.0947. The number of anilines is 1. The first-order valence-corrected chi connectivity index (χ1v) is 6.23. The molecule has 0 aliphatic rings. The van der Waals surface area contributed by atoms with Crippen molar-refractivity contribution in [2.24, 2.45) is 0 Å². The van der Waals surface area contributed by atoms with Crippen molar-refractivity contribution in [3.8, 4) is 0 Å². The Morgan fingerprint density at radius 2 is 1.74 bits per heavy atom. The van der Waals surface area contributed by atoms with Gasteiger partial charge in [-0.3, -0.25) is 0 Å². The van der Waals surface area contributed by atoms with Gasteiger partial charge in [0.15, 0.2) is 11.0 Å². The molecule has 0 aliphatic carbocycles. The number of rotatable bonds is 5. The molecule has 2 rings (SSSR count). The minimum Gasteiger partial charge on any atom is -0.347 e. The highest BCUT2D eigenvalue weighted by Crippen LogP contribution is 2.26. The third-order valence-corrected chi connectivity index (χ3v) is 2.84. The maximum Gasteiger partial charge on any atom is 0.225 e. The van der Waals surface area contributed by atoms with Gasteiger partial charge in [0.2, 0.25) is 5.28 Å². The van der Waals surface area contributed by atoms with Crippen LogP contribution in [0.3, 0.4) is 0 Å². The van der Waals surface area contributed by atoms with E-state index in [9.17, 15) is 0 Å². The fourth-order valence-corrected chi connectivity index (χ4v) is 2.00. The van der Waals surface area contributed by atoms with E-state index in [-0.39, 0.29) is 10.4 Å². The molecular weight excluding hydrogens is 285 g/mol. The van der Waals surface area contributed by atoms with Crippen LogP contribution < -0.4 is 4.90 Å². The maximum absolute atomic E-state index is 6.00. The highest BCUT2D eigenvalue weighted by Gasteiger charge is 2.15. The molecule has 0 unspecified atom stereocenters. The number of fused-ring (bicyclic) bond motifs is 1. The molecule has 0 aliphatic heterocycles. The van der Waals surface area contributed by atoms with E-state index in [1.165, 1.54) is 6.33 Å². The van der Waals surface area contributed by atoms with E-state index in [0.29, 0.717) is 29.9 Å². The molecule has 7 heteroatoms. The molecule has 0 amide bonds. The monoisotopic (exact) mass is 295 g/mol. The molecule has 0 bridgehead atoms. The first-order chi connectivity index (χ1) is 9.17. The Labute approximate surface area is 120 Å². The van der Waals surface area contributed by atoms with Gasteiger partial charge in [0, 0.05) is 13.1 Å². The molecular formula is C12H11Cl2N5. The Hall–Kier alpha value is -1.72. The molecule has 0 atom stereocenters. The highest BCUT2D eigenvalue weighted by atomic mass is 35.5. The number of hydrogen-bond donors (Lipinski definition) is 0. The first kappa shape index (κ1) is 13.7. The molecule has 0 fully saturated rings. The van der Waals surface area contributed by atoms with Crippen LogP contribution in [-0.2, 0) is 0 Å². The second-order valence-electron chi connectivity index (χ2n) is 3.66. The average Bonchev–Trinajstić information content (AvgIpc) is 2.39. The van der Waals surface area contributed by atoms with Gasteiger partial charge in [-0.05, 0) is 11.6 Å². The molecule has 98 valence electrons. The molecule has 0 saturated heterocycles. The van der Waals surface area contributed by atoms with Crippen LogP contribution in [-0.4, -0.2) is 33.0 Å². The van der Waals surface area contributed by atoms with Crippen LogP contribution in [0.15, 0.2) is 31.6 Å². The van der Waals surface area contributed by atoms with Gasteiger partial charge in [-0.25, -0.2) is 15.0 Å². The van der Waals surface area contributed by atoms with Gasteiger partial charge >= 0.3 is 0 Å². The zero-order chi connectivity index (χ0) is 13.8. The van der Waals surface area contributed by atoms with E-state index in [1.807, 2.05) is 4.90 Å². The molecule has 2 heterocycles. The normalized spacial score (nSPS) is 10.4. The van der Waals surface area contributed by atoms with Crippen molar-refractivity contribution in [1.82, 2.24) is 19.9 Å². The topological polar surface area (TPSA) is 54.8 Å². The number of aromatic nitrogens is 4. The minimum atomic E-state index is 0.0947. The summed E-state index contributed by atoms with van der Waals surface area (Å²) >= 11 is 11.9. The number of hydrogen-bond acceptors (Lipinski definition) is 5. The number of nitrogens with zero attached hydrogens (tertiary/aromatic N) is 5. The summed E-state index contributed by atoms with van der Waals surface area (Å²) in [6.45, 7) is 8.59. The Balaban J connectivity index is 2.66. The average molecular weight is 296 g/mol. The fourth-order valence-electron chi connectivity index (χ4n) is 1.66. The second kappa shape index (κ2) is 5.95. The van der Waals surface area contributed by atoms with Gasteiger partial charge < -0.3 is 4.90 Å². The van der Waals surface area contributed by atoms with Crippen LogP contribution in [0.4, 0.5) is 5.82 Å². The van der Waals surface area contributed by atoms with Crippen molar-refractivity contribution >= 4 is 40.1 Å². The van der Waals surface area contributed by atoms with Crippen LogP contribution in [0, 0.1) is 0 Å². The lowest BCUT2D eigenvalue weighted by Crippen LogP contribution is -2.25. The summed E-state index contributed by atoms with van der Waals surface area (Å²) in [5, 5.41) is 0.338. The van der Waals surface area contributed by atoms with Crippen molar-refractivity contribution in [2.75, 3.05) is 18.0 Å². The zero-order valence-electron chi connectivity index (χ0n) is 10.1. The van der Waals surface area contributed by atoms with Crippen molar-refractivity contribution in [1.29, 1.82) is 0 Å². The van der Waals surface area contributed by atoms with Gasteiger partial charge in [0.05, 0.1) is 0 Å². The van der Waals surface area contributed by atoms with Gasteiger partial charge in [-0.15, -0.1) is 13.2 Å². The van der Waals surface area contributed by atoms with Gasteiger partial charge in [0.25, 0.3) is 0 Å². The highest BCUT2D eigenvalue weighted by molar-refractivity contribution is 6.34. The predicted molar refractivity (Wildman–Crippen MR) is 77.8 cm³/mol. The molecule has 19 heavy (non-hydrogen) atoms. The molecule has 2 aromatic heterocycles. The summed E-state index contributed by atoms with van der Waals surface area (Å²) in [5.41, 5.74) is 0.977. The van der Waals surface area contributed by atoms with Crippen molar-refractivity contribution in [3.63, 3.8) is 0 Å². The summed E-state index contributed by atoms with van der Waals surface area (Å²) in [7, 11) is 0. The Kier molecular flexibility index (Phi) is 4.29. The lowest BCUT2D eigenvalue weighted by Gasteiger charge is -2.21. The maximum atomic E-state index is 6.00. The van der Waals surface area contributed by atoms with Crippen LogP contribution in [0.1, 0.15) is 0 Å². The lowest BCUT2D eigenvalue weighted by molar-refractivity contribution is 0.923. The quantitative estimate of drug-likeness (QED) is 0.482. The van der Waals surface area contributed by atoms with E-state index in [4.69, 9.17) is 23.2 Å². The third kappa shape index (κ3) is 2.83. The largest absolute Gasteiger partial charge is 0.347 e. The van der Waals surface area contributed by atoms with Gasteiger partial charge in [-0.1, -0.05) is 23.8 Å². The lowest BCUT2D eigenvalue weighted by atomic mass is 10.3. The van der Waals surface area contributed by atoms with E-state index in [0.717, 1.165) is 0 Å². The molecule has 5 nitrogen and oxygen atoms in total. The predicted octanol–water partition coefficient (Wildman–Crippen LogP) is 2.91. The first-order valence-electron chi connectivity index (χ1n) is 5.48. The van der Waals surface area contributed by atoms with E-state index in [2.05, 4.69) is 33.1 Å². The Bertz CT molecular complexity index is 619. The van der Waals surface area contributed by atoms with Crippen LogP contribution in [0.5, 0.6) is 0 Å². The Morgan fingerprint density at radius 3 is 2.37 bits per heavy atom. The second-order valence-corrected chi connectivity index (χ2v) is 4.36. The summed E-state index contributed by atoms with van der Waals surface area (Å²) in [6, 6.07) is 0. The molecule has 0 N–H and O–H groups in total. The standard InChI is InChI=1S/C12H11Cl2N5/c1-3-5-19(6-4-2)11-9-8(17-12(14)18-11)10(13)16-7-15-9/h3-4,7H,1-2,5-6H2. The summed E-state index contributed by atoms with van der Waals surface area (Å²) in [4.78, 5) is 18.3. The summed E-state index contributed by atoms with van der Waals surface area (Å²) in [5.74, 6) is 0.583. The van der Waals surface area contributed by atoms with Gasteiger partial charge in [-0.2, -0.15) is 4.98 Å². The van der Waals surface area contributed by atoms with Crippen LogP contribution >= 0.6 is 23.2 Å². The smallest absolute Gasteiger partial charge is 0.225 e. The van der Waals surface area contributed by atoms with Gasteiger partial charge in [0.1, 0.15) is 17.4 Å². The van der Waals surface area contributed by atoms with Crippen LogP contribution in [0.2, 0.25) is 10.4 Å². The molecule has 0 radical (unpaired) electrons. The van der Waals surface area contributed by atoms with Crippen molar-refractivity contribution in [2.45, 2.75) is 0 Å². The third-order valence-electron chi connectivity index (χ3n) is 2.39. The number of halogens is 2. The fraction of sp³-hybridized carbons (Fsp3) is 0.167.